The lowest BCUT2D eigenvalue weighted by Crippen LogP contribution is -2.01. The highest BCUT2D eigenvalue weighted by molar-refractivity contribution is 6.11. The topological polar surface area (TPSA) is 47.9 Å². The summed E-state index contributed by atoms with van der Waals surface area (Å²) >= 11 is 0. The van der Waals surface area contributed by atoms with E-state index in [4.69, 9.17) is 9.47 Å². The molecular formula is C20H17NO3. The number of carbonyl (C=O) groups excluding carboxylic acids is 1. The summed E-state index contributed by atoms with van der Waals surface area (Å²) < 4.78 is 10.6. The minimum absolute atomic E-state index is 0.284. The molecule has 4 heteroatoms. The Morgan fingerprint density at radius 3 is 2.46 bits per heavy atom. The zero-order valence-electron chi connectivity index (χ0n) is 13.3. The number of esters is 1. The van der Waals surface area contributed by atoms with E-state index in [1.165, 1.54) is 0 Å². The number of nitrogens with zero attached hydrogens (tertiary/aromatic N) is 1. The molecule has 2 aromatic rings. The molecule has 3 rings (SSSR count). The maximum atomic E-state index is 11.9. The number of benzene rings is 2. The maximum Gasteiger partial charge on any atom is 0.363 e. The van der Waals surface area contributed by atoms with Crippen molar-refractivity contribution >= 4 is 24.0 Å². The standard InChI is InChI=1S/C20H17NO3/c1-2-23-17-11-8-16(9-12-17)14-18-20(22)24-19(21-18)13-10-15-6-4-3-5-7-15/h3-14H,2H2,1H3/b13-10+,18-14+. The average molecular weight is 319 g/mol. The first-order valence-corrected chi connectivity index (χ1v) is 7.73. The molecule has 0 radical (unpaired) electrons. The van der Waals surface area contributed by atoms with E-state index in [2.05, 4.69) is 4.99 Å². The molecule has 1 aliphatic heterocycles. The Kier molecular flexibility index (Phi) is 4.87. The van der Waals surface area contributed by atoms with Crippen molar-refractivity contribution in [3.05, 3.63) is 77.5 Å². The molecule has 0 aromatic heterocycles. The van der Waals surface area contributed by atoms with Crippen molar-refractivity contribution in [1.82, 2.24) is 0 Å². The summed E-state index contributed by atoms with van der Waals surface area (Å²) in [5.74, 6) is 0.640. The first kappa shape index (κ1) is 15.7. The van der Waals surface area contributed by atoms with Crippen molar-refractivity contribution in [2.75, 3.05) is 6.61 Å². The first-order chi connectivity index (χ1) is 11.7. The van der Waals surface area contributed by atoms with Crippen LogP contribution in [0.3, 0.4) is 0 Å². The molecular weight excluding hydrogens is 302 g/mol. The van der Waals surface area contributed by atoms with Gasteiger partial charge in [0.05, 0.1) is 6.61 Å². The van der Waals surface area contributed by atoms with E-state index in [1.807, 2.05) is 67.6 Å². The van der Waals surface area contributed by atoms with Crippen LogP contribution in [0.15, 0.2) is 71.4 Å². The zero-order chi connectivity index (χ0) is 16.8. The Morgan fingerprint density at radius 1 is 1.00 bits per heavy atom. The summed E-state index contributed by atoms with van der Waals surface area (Å²) in [5, 5.41) is 0. The third-order valence-electron chi connectivity index (χ3n) is 3.35. The van der Waals surface area contributed by atoms with Gasteiger partial charge in [-0.15, -0.1) is 0 Å². The van der Waals surface area contributed by atoms with E-state index >= 15 is 0 Å². The second-order valence-corrected chi connectivity index (χ2v) is 5.12. The van der Waals surface area contributed by atoms with E-state index in [9.17, 15) is 4.79 Å². The number of hydrogen-bond donors (Lipinski definition) is 0. The summed E-state index contributed by atoms with van der Waals surface area (Å²) in [6.07, 6.45) is 5.24. The molecule has 120 valence electrons. The fourth-order valence-corrected chi connectivity index (χ4v) is 2.21. The van der Waals surface area contributed by atoms with Crippen LogP contribution in [0.25, 0.3) is 12.2 Å². The Labute approximate surface area is 140 Å². The monoisotopic (exact) mass is 319 g/mol. The highest BCUT2D eigenvalue weighted by Crippen LogP contribution is 2.19. The van der Waals surface area contributed by atoms with E-state index < -0.39 is 5.97 Å². The molecule has 24 heavy (non-hydrogen) atoms. The lowest BCUT2D eigenvalue weighted by molar-refractivity contribution is -0.129. The molecule has 0 atom stereocenters. The van der Waals surface area contributed by atoms with Crippen LogP contribution in [0, 0.1) is 0 Å². The molecule has 1 heterocycles. The number of rotatable bonds is 5. The minimum atomic E-state index is -0.448. The number of carbonyl (C=O) groups is 1. The van der Waals surface area contributed by atoms with Crippen LogP contribution in [-0.4, -0.2) is 18.5 Å². The fraction of sp³-hybridized carbons (Fsp3) is 0.100. The molecule has 0 bridgehead atoms. The van der Waals surface area contributed by atoms with Crippen LogP contribution in [0.2, 0.25) is 0 Å². The summed E-state index contributed by atoms with van der Waals surface area (Å²) in [6, 6.07) is 17.2. The van der Waals surface area contributed by atoms with Gasteiger partial charge in [0.2, 0.25) is 5.90 Å². The SMILES string of the molecule is CCOc1ccc(/C=C2N=C(/C=C/c3ccccc3)OC/2=O)cc1. The van der Waals surface area contributed by atoms with Crippen molar-refractivity contribution in [2.45, 2.75) is 6.92 Å². The molecule has 0 saturated carbocycles. The van der Waals surface area contributed by atoms with Crippen LogP contribution in [-0.2, 0) is 9.53 Å². The molecule has 4 nitrogen and oxygen atoms in total. The Balaban J connectivity index is 1.74. The molecule has 0 unspecified atom stereocenters. The van der Waals surface area contributed by atoms with Gasteiger partial charge in [-0.25, -0.2) is 9.79 Å². The highest BCUT2D eigenvalue weighted by Gasteiger charge is 2.20. The quantitative estimate of drug-likeness (QED) is 0.616. The average Bonchev–Trinajstić information content (AvgIpc) is 2.96. The molecule has 0 saturated heterocycles. The predicted molar refractivity (Wildman–Crippen MR) is 94.6 cm³/mol. The number of hydrogen-bond acceptors (Lipinski definition) is 4. The third kappa shape index (κ3) is 3.98. The summed E-state index contributed by atoms with van der Waals surface area (Å²) in [6.45, 7) is 2.55. The minimum Gasteiger partial charge on any atom is -0.494 e. The van der Waals surface area contributed by atoms with E-state index in [-0.39, 0.29) is 5.70 Å². The van der Waals surface area contributed by atoms with Crippen molar-refractivity contribution in [3.63, 3.8) is 0 Å². The lowest BCUT2D eigenvalue weighted by atomic mass is 10.2. The van der Waals surface area contributed by atoms with Crippen molar-refractivity contribution in [1.29, 1.82) is 0 Å². The third-order valence-corrected chi connectivity index (χ3v) is 3.35. The van der Waals surface area contributed by atoms with Gasteiger partial charge in [0.1, 0.15) is 5.75 Å². The van der Waals surface area contributed by atoms with Crippen molar-refractivity contribution in [2.24, 2.45) is 4.99 Å². The summed E-state index contributed by atoms with van der Waals surface area (Å²) in [4.78, 5) is 16.1. The number of aliphatic imine (C=N–C) groups is 1. The van der Waals surface area contributed by atoms with Crippen LogP contribution in [0.1, 0.15) is 18.1 Å². The molecule has 2 aromatic carbocycles. The molecule has 0 aliphatic carbocycles. The largest absolute Gasteiger partial charge is 0.494 e. The Morgan fingerprint density at radius 2 is 1.75 bits per heavy atom. The van der Waals surface area contributed by atoms with Crippen LogP contribution in [0.5, 0.6) is 5.75 Å². The van der Waals surface area contributed by atoms with Crippen LogP contribution >= 0.6 is 0 Å². The smallest absolute Gasteiger partial charge is 0.363 e. The van der Waals surface area contributed by atoms with Gasteiger partial charge in [-0.05, 0) is 42.3 Å². The Hall–Kier alpha value is -3.14. The van der Waals surface area contributed by atoms with Crippen molar-refractivity contribution < 1.29 is 14.3 Å². The van der Waals surface area contributed by atoms with Gasteiger partial charge < -0.3 is 9.47 Å². The molecule has 0 amide bonds. The first-order valence-electron chi connectivity index (χ1n) is 7.73. The predicted octanol–water partition coefficient (Wildman–Crippen LogP) is 4.09. The molecule has 1 aliphatic rings. The van der Waals surface area contributed by atoms with Gasteiger partial charge in [0.25, 0.3) is 0 Å². The van der Waals surface area contributed by atoms with Gasteiger partial charge in [-0.1, -0.05) is 42.5 Å². The highest BCUT2D eigenvalue weighted by atomic mass is 16.6. The van der Waals surface area contributed by atoms with Gasteiger partial charge in [-0.3, -0.25) is 0 Å². The van der Waals surface area contributed by atoms with Crippen LogP contribution < -0.4 is 4.74 Å². The second kappa shape index (κ2) is 7.42. The zero-order valence-corrected chi connectivity index (χ0v) is 13.3. The fourth-order valence-electron chi connectivity index (χ4n) is 2.21. The number of ether oxygens (including phenoxy) is 2. The van der Waals surface area contributed by atoms with Crippen molar-refractivity contribution in [3.8, 4) is 5.75 Å². The lowest BCUT2D eigenvalue weighted by Gasteiger charge is -2.02. The summed E-state index contributed by atoms with van der Waals surface area (Å²) in [5.41, 5.74) is 2.16. The molecule has 0 fully saturated rings. The maximum absolute atomic E-state index is 11.9. The normalized spacial score (nSPS) is 15.6. The molecule has 0 spiro atoms. The van der Waals surface area contributed by atoms with Gasteiger partial charge in [-0.2, -0.15) is 0 Å². The molecule has 0 N–H and O–H groups in total. The summed E-state index contributed by atoms with van der Waals surface area (Å²) in [7, 11) is 0. The van der Waals surface area contributed by atoms with Gasteiger partial charge in [0.15, 0.2) is 5.70 Å². The second-order valence-electron chi connectivity index (χ2n) is 5.12. The Bertz CT molecular complexity index is 803. The van der Waals surface area contributed by atoms with Gasteiger partial charge in [0, 0.05) is 6.08 Å². The number of cyclic esters (lactones) is 1. The van der Waals surface area contributed by atoms with E-state index in [1.54, 1.807) is 12.2 Å². The van der Waals surface area contributed by atoms with E-state index in [0.717, 1.165) is 16.9 Å². The van der Waals surface area contributed by atoms with E-state index in [0.29, 0.717) is 12.5 Å². The van der Waals surface area contributed by atoms with Gasteiger partial charge >= 0.3 is 5.97 Å². The van der Waals surface area contributed by atoms with Crippen LogP contribution in [0.4, 0.5) is 0 Å².